The molecular weight excluding hydrogens is 303 g/mol. The van der Waals surface area contributed by atoms with Crippen LogP contribution in [0.25, 0.3) is 6.08 Å². The molecule has 118 valence electrons. The van der Waals surface area contributed by atoms with Crippen molar-refractivity contribution in [1.82, 2.24) is 0 Å². The number of nitriles is 1. The zero-order valence-corrected chi connectivity index (χ0v) is 11.5. The van der Waals surface area contributed by atoms with Gasteiger partial charge in [-0.15, -0.1) is 13.2 Å². The lowest BCUT2D eigenvalue weighted by Gasteiger charge is -2.08. The average molecular weight is 315 g/mol. The van der Waals surface area contributed by atoms with Crippen LogP contribution < -0.4 is 4.74 Å². The van der Waals surface area contributed by atoms with Crippen LogP contribution in [0.1, 0.15) is 5.56 Å². The van der Waals surface area contributed by atoms with Gasteiger partial charge in [0.2, 0.25) is 0 Å². The molecule has 0 heterocycles. The van der Waals surface area contributed by atoms with Gasteiger partial charge in [-0.1, -0.05) is 12.1 Å². The minimum atomic E-state index is -4.78. The Kier molecular flexibility index (Phi) is 6.41. The van der Waals surface area contributed by atoms with Crippen molar-refractivity contribution in [2.75, 3.05) is 20.3 Å². The first kappa shape index (κ1) is 17.5. The van der Waals surface area contributed by atoms with E-state index in [9.17, 15) is 18.0 Å². The van der Waals surface area contributed by atoms with Crippen LogP contribution in [0.2, 0.25) is 0 Å². The van der Waals surface area contributed by atoms with Crippen LogP contribution in [0.3, 0.4) is 0 Å². The molecule has 0 radical (unpaired) electrons. The fraction of sp³-hybridized carbons (Fsp3) is 0.286. The maximum atomic E-state index is 12.0. The van der Waals surface area contributed by atoms with Gasteiger partial charge in [0.05, 0.1) is 6.61 Å². The Balaban J connectivity index is 2.77. The first-order chi connectivity index (χ1) is 10.4. The molecule has 8 heteroatoms. The molecule has 0 aliphatic carbocycles. The summed E-state index contributed by atoms with van der Waals surface area (Å²) in [4.78, 5) is 11.6. The van der Waals surface area contributed by atoms with E-state index < -0.39 is 18.1 Å². The summed E-state index contributed by atoms with van der Waals surface area (Å²) in [5.74, 6) is -1.24. The zero-order valence-electron chi connectivity index (χ0n) is 11.5. The summed E-state index contributed by atoms with van der Waals surface area (Å²) in [6.07, 6.45) is -3.58. The van der Waals surface area contributed by atoms with Gasteiger partial charge < -0.3 is 14.2 Å². The van der Waals surface area contributed by atoms with E-state index in [1.807, 2.05) is 0 Å². The molecule has 1 aromatic rings. The van der Waals surface area contributed by atoms with E-state index in [-0.39, 0.29) is 18.8 Å². The number of benzene rings is 1. The van der Waals surface area contributed by atoms with Crippen molar-refractivity contribution in [2.24, 2.45) is 0 Å². The van der Waals surface area contributed by atoms with Crippen molar-refractivity contribution >= 4 is 12.0 Å². The number of alkyl halides is 3. The number of carbonyl (C=O) groups excluding carboxylic acids is 1. The second kappa shape index (κ2) is 8.05. The Morgan fingerprint density at radius 1 is 1.27 bits per heavy atom. The Bertz CT molecular complexity index is 573. The van der Waals surface area contributed by atoms with Crippen LogP contribution in [0.5, 0.6) is 5.75 Å². The van der Waals surface area contributed by atoms with Crippen LogP contribution in [0.15, 0.2) is 29.8 Å². The molecule has 0 amide bonds. The van der Waals surface area contributed by atoms with E-state index >= 15 is 0 Å². The van der Waals surface area contributed by atoms with Crippen molar-refractivity contribution in [3.8, 4) is 11.8 Å². The molecule has 0 aromatic heterocycles. The minimum absolute atomic E-state index is 0.00723. The first-order valence-electron chi connectivity index (χ1n) is 5.99. The number of hydrogen-bond acceptors (Lipinski definition) is 5. The molecule has 0 atom stereocenters. The number of ether oxygens (including phenoxy) is 3. The predicted molar refractivity (Wildman–Crippen MR) is 69.6 cm³/mol. The van der Waals surface area contributed by atoms with Gasteiger partial charge in [0.15, 0.2) is 0 Å². The molecule has 0 unspecified atom stereocenters. The number of rotatable bonds is 6. The Morgan fingerprint density at radius 2 is 1.91 bits per heavy atom. The molecule has 0 spiro atoms. The summed E-state index contributed by atoms with van der Waals surface area (Å²) in [5.41, 5.74) is 0.0790. The van der Waals surface area contributed by atoms with E-state index in [1.54, 1.807) is 6.07 Å². The lowest BCUT2D eigenvalue weighted by atomic mass is 10.1. The topological polar surface area (TPSA) is 68.5 Å². The molecule has 0 fully saturated rings. The van der Waals surface area contributed by atoms with E-state index in [0.717, 1.165) is 12.1 Å². The molecule has 1 aromatic carbocycles. The monoisotopic (exact) mass is 315 g/mol. The molecule has 0 aliphatic heterocycles. The molecule has 0 N–H and O–H groups in total. The third-order valence-electron chi connectivity index (χ3n) is 2.29. The fourth-order valence-electron chi connectivity index (χ4n) is 1.36. The zero-order chi connectivity index (χ0) is 16.6. The molecular formula is C14H12F3NO4. The lowest BCUT2D eigenvalue weighted by molar-refractivity contribution is -0.274. The van der Waals surface area contributed by atoms with Gasteiger partial charge in [-0.25, -0.2) is 4.79 Å². The molecule has 0 aliphatic rings. The normalized spacial score (nSPS) is 11.7. The van der Waals surface area contributed by atoms with Gasteiger partial charge in [0, 0.05) is 7.11 Å². The highest BCUT2D eigenvalue weighted by Gasteiger charge is 2.30. The highest BCUT2D eigenvalue weighted by molar-refractivity contribution is 5.97. The lowest BCUT2D eigenvalue weighted by Crippen LogP contribution is -2.16. The molecule has 0 saturated heterocycles. The second-order valence-electron chi connectivity index (χ2n) is 3.92. The molecule has 22 heavy (non-hydrogen) atoms. The van der Waals surface area contributed by atoms with Crippen LogP contribution in [-0.4, -0.2) is 32.7 Å². The molecule has 1 rings (SSSR count). The van der Waals surface area contributed by atoms with Crippen molar-refractivity contribution in [1.29, 1.82) is 5.26 Å². The van der Waals surface area contributed by atoms with Gasteiger partial charge >= 0.3 is 12.3 Å². The summed E-state index contributed by atoms with van der Waals surface area (Å²) in [7, 11) is 1.43. The van der Waals surface area contributed by atoms with Crippen molar-refractivity contribution < 1.29 is 32.2 Å². The molecule has 0 saturated carbocycles. The first-order valence-corrected chi connectivity index (χ1v) is 5.99. The molecule has 0 bridgehead atoms. The number of halogens is 3. The largest absolute Gasteiger partial charge is 0.573 e. The van der Waals surface area contributed by atoms with E-state index in [0.29, 0.717) is 5.56 Å². The van der Waals surface area contributed by atoms with Crippen LogP contribution in [0, 0.1) is 11.3 Å². The SMILES string of the molecule is COCCOC(=O)C(C#N)=Cc1ccc(OC(F)(F)F)cc1. The van der Waals surface area contributed by atoms with Gasteiger partial charge in [-0.2, -0.15) is 5.26 Å². The van der Waals surface area contributed by atoms with Crippen molar-refractivity contribution in [2.45, 2.75) is 6.36 Å². The van der Waals surface area contributed by atoms with Gasteiger partial charge in [-0.3, -0.25) is 0 Å². The predicted octanol–water partition coefficient (Wildman–Crippen LogP) is 2.68. The van der Waals surface area contributed by atoms with Crippen molar-refractivity contribution in [3.05, 3.63) is 35.4 Å². The number of nitrogens with zero attached hydrogens (tertiary/aromatic N) is 1. The summed E-state index contributed by atoms with van der Waals surface area (Å²) in [6, 6.07) is 6.37. The third-order valence-corrected chi connectivity index (χ3v) is 2.29. The maximum Gasteiger partial charge on any atom is 0.573 e. The standard InChI is InChI=1S/C14H12F3NO4/c1-20-6-7-21-13(19)11(9-18)8-10-2-4-12(5-3-10)22-14(15,16)17/h2-5,8H,6-7H2,1H3. The number of carbonyl (C=O) groups is 1. The fourth-order valence-corrected chi connectivity index (χ4v) is 1.36. The number of methoxy groups -OCH3 is 1. The van der Waals surface area contributed by atoms with Crippen molar-refractivity contribution in [3.63, 3.8) is 0 Å². The minimum Gasteiger partial charge on any atom is -0.459 e. The highest BCUT2D eigenvalue weighted by atomic mass is 19.4. The van der Waals surface area contributed by atoms with Gasteiger partial charge in [-0.05, 0) is 23.8 Å². The van der Waals surface area contributed by atoms with E-state index in [1.165, 1.54) is 25.3 Å². The summed E-state index contributed by atoms with van der Waals surface area (Å²) in [6.45, 7) is 0.181. The summed E-state index contributed by atoms with van der Waals surface area (Å²) >= 11 is 0. The smallest absolute Gasteiger partial charge is 0.459 e. The Labute approximate surface area is 124 Å². The number of hydrogen-bond donors (Lipinski definition) is 0. The Morgan fingerprint density at radius 3 is 2.41 bits per heavy atom. The van der Waals surface area contributed by atoms with Crippen LogP contribution >= 0.6 is 0 Å². The Hall–Kier alpha value is -2.53. The summed E-state index contributed by atoms with van der Waals surface area (Å²) in [5, 5.41) is 8.90. The second-order valence-corrected chi connectivity index (χ2v) is 3.92. The van der Waals surface area contributed by atoms with Gasteiger partial charge in [0.1, 0.15) is 24.0 Å². The maximum absolute atomic E-state index is 12.0. The van der Waals surface area contributed by atoms with Gasteiger partial charge in [0.25, 0.3) is 0 Å². The average Bonchev–Trinajstić information content (AvgIpc) is 2.45. The van der Waals surface area contributed by atoms with Crippen LogP contribution in [0.4, 0.5) is 13.2 Å². The van der Waals surface area contributed by atoms with E-state index in [4.69, 9.17) is 14.7 Å². The van der Waals surface area contributed by atoms with Crippen LogP contribution in [-0.2, 0) is 14.3 Å². The van der Waals surface area contributed by atoms with E-state index in [2.05, 4.69) is 4.74 Å². The quantitative estimate of drug-likeness (QED) is 0.349. The number of esters is 1. The third kappa shape index (κ3) is 6.28. The molecule has 5 nitrogen and oxygen atoms in total. The highest BCUT2D eigenvalue weighted by Crippen LogP contribution is 2.23. The summed E-state index contributed by atoms with van der Waals surface area (Å²) < 4.78 is 49.2.